The van der Waals surface area contributed by atoms with E-state index in [1.807, 2.05) is 0 Å². The van der Waals surface area contributed by atoms with Crippen molar-refractivity contribution in [3.63, 3.8) is 0 Å². The van der Waals surface area contributed by atoms with E-state index in [1.165, 1.54) is 42.5 Å². The van der Waals surface area contributed by atoms with Crippen LogP contribution in [0.4, 0.5) is 37.7 Å². The summed E-state index contributed by atoms with van der Waals surface area (Å²) in [6, 6.07) is 14.9. The largest absolute Gasteiger partial charge is 0.395 e. The average Bonchev–Trinajstić information content (AvgIpc) is 2.91. The molecule has 4 aromatic rings. The van der Waals surface area contributed by atoms with Crippen LogP contribution in [0.1, 0.15) is 24.1 Å². The highest BCUT2D eigenvalue weighted by molar-refractivity contribution is 14.1. The Morgan fingerprint density at radius 1 is 0.575 bits per heavy atom. The van der Waals surface area contributed by atoms with E-state index >= 15 is 0 Å². The van der Waals surface area contributed by atoms with E-state index in [2.05, 4.69) is 30.6 Å². The average molecular weight is 664 g/mol. The first-order valence-corrected chi connectivity index (χ1v) is 11.6. The predicted molar refractivity (Wildman–Crippen MR) is 158 cm³/mol. The molecule has 0 spiro atoms. The predicted octanol–water partition coefficient (Wildman–Crippen LogP) is 7.93. The number of rotatable bonds is 0. The maximum absolute atomic E-state index is 13.1. The lowest BCUT2D eigenvalue weighted by Crippen LogP contribution is -1.96. The zero-order chi connectivity index (χ0) is 29.5. The monoisotopic (exact) mass is 664 g/mol. The van der Waals surface area contributed by atoms with Crippen LogP contribution in [0.25, 0.3) is 0 Å². The molecule has 0 aliphatic heterocycles. The summed E-state index contributed by atoms with van der Waals surface area (Å²) in [6.07, 6.45) is 13.0. The van der Waals surface area contributed by atoms with Gasteiger partial charge in [0.2, 0.25) is 0 Å². The summed E-state index contributed by atoms with van der Waals surface area (Å²) in [4.78, 5) is 0. The first-order chi connectivity index (χ1) is 18.5. The standard InChI is InChI=1S/C14H8F3N.C8H5F.C6H4F2IN.C2H2.CH4/c15-11-5-2-9(3-6-11)1-4-10-7-12(16)8-13(17)14(10)18;1-2-7-3-5-8(9)6-4-7;7-3-1-4(8)6(10)5(9)2-3;1-2;/h2-3,5-8H,18H2;1,3-6H;1-2H,10H2;1-2H;1H4. The molecule has 9 heteroatoms. The summed E-state index contributed by atoms with van der Waals surface area (Å²) in [5.41, 5.74) is 11.7. The summed E-state index contributed by atoms with van der Waals surface area (Å²) in [5, 5.41) is 0. The lowest BCUT2D eigenvalue weighted by molar-refractivity contribution is 0.584. The van der Waals surface area contributed by atoms with Gasteiger partial charge in [-0.05, 0) is 83.3 Å². The second kappa shape index (κ2) is 17.9. The van der Waals surface area contributed by atoms with Crippen LogP contribution in [-0.4, -0.2) is 0 Å². The van der Waals surface area contributed by atoms with Gasteiger partial charge in [0, 0.05) is 26.8 Å². The molecule has 0 aliphatic carbocycles. The van der Waals surface area contributed by atoms with E-state index in [-0.39, 0.29) is 36.0 Å². The smallest absolute Gasteiger partial charge is 0.150 e. The molecule has 0 fully saturated rings. The minimum absolute atomic E-state index is 0. The second-order valence-electron chi connectivity index (χ2n) is 7.04. The third-order valence-electron chi connectivity index (χ3n) is 4.33. The lowest BCUT2D eigenvalue weighted by atomic mass is 10.1. The highest BCUT2D eigenvalue weighted by Gasteiger charge is 2.06. The molecule has 0 atom stereocenters. The summed E-state index contributed by atoms with van der Waals surface area (Å²) >= 11 is 1.77. The van der Waals surface area contributed by atoms with Gasteiger partial charge in [-0.25, -0.2) is 26.3 Å². The number of benzene rings is 4. The summed E-state index contributed by atoms with van der Waals surface area (Å²) in [6.45, 7) is 0. The topological polar surface area (TPSA) is 52.0 Å². The molecule has 4 aromatic carbocycles. The quantitative estimate of drug-likeness (QED) is 0.0869. The summed E-state index contributed by atoms with van der Waals surface area (Å²) in [7, 11) is 0. The van der Waals surface area contributed by atoms with Crippen molar-refractivity contribution in [1.29, 1.82) is 0 Å². The van der Waals surface area contributed by atoms with Gasteiger partial charge in [-0.15, -0.1) is 19.3 Å². The fraction of sp³-hybridized carbons (Fsp3) is 0.0323. The normalized spacial score (nSPS) is 8.80. The Kier molecular flexibility index (Phi) is 15.9. The second-order valence-corrected chi connectivity index (χ2v) is 8.20. The van der Waals surface area contributed by atoms with Gasteiger partial charge in [0.05, 0.1) is 16.9 Å². The van der Waals surface area contributed by atoms with Crippen molar-refractivity contribution in [1.82, 2.24) is 0 Å². The molecule has 4 N–H and O–H groups in total. The van der Waals surface area contributed by atoms with Crippen molar-refractivity contribution >= 4 is 34.0 Å². The zero-order valence-corrected chi connectivity index (χ0v) is 22.1. The van der Waals surface area contributed by atoms with E-state index in [0.717, 1.165) is 12.1 Å². The first-order valence-electron chi connectivity index (χ1n) is 10.5. The number of halogens is 7. The molecule has 0 bridgehead atoms. The minimum atomic E-state index is -0.849. The van der Waals surface area contributed by atoms with Gasteiger partial charge in [-0.1, -0.05) is 25.2 Å². The highest BCUT2D eigenvalue weighted by atomic mass is 127. The maximum Gasteiger partial charge on any atom is 0.150 e. The molecule has 0 amide bonds. The Bertz CT molecular complexity index is 1490. The van der Waals surface area contributed by atoms with E-state index in [1.54, 1.807) is 34.7 Å². The van der Waals surface area contributed by atoms with Gasteiger partial charge in [-0.2, -0.15) is 0 Å². The molecule has 4 rings (SSSR count). The van der Waals surface area contributed by atoms with Gasteiger partial charge in [0.15, 0.2) is 0 Å². The molecule has 2 nitrogen and oxygen atoms in total. The summed E-state index contributed by atoms with van der Waals surface area (Å²) in [5.74, 6) is 4.06. The fourth-order valence-corrected chi connectivity index (χ4v) is 3.02. The first kappa shape index (κ1) is 35.5. The van der Waals surface area contributed by atoms with Gasteiger partial charge in [0.1, 0.15) is 34.9 Å². The fourth-order valence-electron chi connectivity index (χ4n) is 2.46. The van der Waals surface area contributed by atoms with Crippen LogP contribution in [0.5, 0.6) is 0 Å². The summed E-state index contributed by atoms with van der Waals surface area (Å²) < 4.78 is 76.1. The van der Waals surface area contributed by atoms with Crippen molar-refractivity contribution in [2.45, 2.75) is 7.43 Å². The molecule has 0 aromatic heterocycles. The highest BCUT2D eigenvalue weighted by Crippen LogP contribution is 2.19. The van der Waals surface area contributed by atoms with Gasteiger partial charge < -0.3 is 11.5 Å². The number of terminal acetylenes is 2. The van der Waals surface area contributed by atoms with E-state index < -0.39 is 23.3 Å². The Morgan fingerprint density at radius 2 is 1.00 bits per heavy atom. The van der Waals surface area contributed by atoms with Crippen LogP contribution in [0.2, 0.25) is 0 Å². The molecular formula is C31H23F6IN2. The van der Waals surface area contributed by atoms with Crippen molar-refractivity contribution in [2.24, 2.45) is 0 Å². The van der Waals surface area contributed by atoms with Gasteiger partial charge in [-0.3, -0.25) is 0 Å². The van der Waals surface area contributed by atoms with E-state index in [0.29, 0.717) is 20.8 Å². The van der Waals surface area contributed by atoms with Gasteiger partial charge in [0.25, 0.3) is 0 Å². The third-order valence-corrected chi connectivity index (χ3v) is 5.23. The van der Waals surface area contributed by atoms with Crippen molar-refractivity contribution < 1.29 is 26.3 Å². The van der Waals surface area contributed by atoms with Crippen LogP contribution in [0.15, 0.2) is 72.8 Å². The maximum atomic E-state index is 13.1. The van der Waals surface area contributed by atoms with Crippen LogP contribution in [0, 0.1) is 75.5 Å². The molecule has 0 saturated carbocycles. The number of anilines is 2. The van der Waals surface area contributed by atoms with E-state index in [9.17, 15) is 26.3 Å². The number of nitrogens with two attached hydrogens (primary N) is 2. The Hall–Kier alpha value is -4.53. The lowest BCUT2D eigenvalue weighted by Gasteiger charge is -1.99. The van der Waals surface area contributed by atoms with Crippen molar-refractivity contribution in [3.8, 4) is 37.0 Å². The Labute approximate surface area is 243 Å². The molecule has 0 unspecified atom stereocenters. The van der Waals surface area contributed by atoms with E-state index in [4.69, 9.17) is 17.9 Å². The molecule has 0 saturated heterocycles. The van der Waals surface area contributed by atoms with Crippen LogP contribution < -0.4 is 11.5 Å². The van der Waals surface area contributed by atoms with Crippen LogP contribution in [-0.2, 0) is 0 Å². The molecule has 0 aliphatic rings. The van der Waals surface area contributed by atoms with Crippen LogP contribution in [0.3, 0.4) is 0 Å². The van der Waals surface area contributed by atoms with Crippen molar-refractivity contribution in [3.05, 3.63) is 128 Å². The number of hydrogen-bond donors (Lipinski definition) is 2. The van der Waals surface area contributed by atoms with Crippen LogP contribution >= 0.6 is 22.6 Å². The molecule has 206 valence electrons. The van der Waals surface area contributed by atoms with Gasteiger partial charge >= 0.3 is 0 Å². The minimum Gasteiger partial charge on any atom is -0.395 e. The molecule has 0 radical (unpaired) electrons. The Balaban J connectivity index is 0.000000590. The molecule has 0 heterocycles. The number of nitrogen functional groups attached to an aromatic ring is 2. The Morgan fingerprint density at radius 3 is 1.45 bits per heavy atom. The third kappa shape index (κ3) is 11.9. The van der Waals surface area contributed by atoms with Crippen molar-refractivity contribution in [2.75, 3.05) is 11.5 Å². The number of hydrogen-bond acceptors (Lipinski definition) is 2. The SMILES string of the molecule is C.C#C.C#Cc1ccc(F)cc1.Nc1c(F)cc(F)cc1C#Cc1ccc(F)cc1.Nc1c(F)cc(F)cc1I. The zero-order valence-electron chi connectivity index (χ0n) is 20.0. The molecule has 40 heavy (non-hydrogen) atoms. The molecular weight excluding hydrogens is 641 g/mol.